The first-order valence-electron chi connectivity index (χ1n) is 9.16. The fourth-order valence-electron chi connectivity index (χ4n) is 3.02. The maximum Gasteiger partial charge on any atom is 0.342 e. The van der Waals surface area contributed by atoms with Crippen molar-refractivity contribution in [1.82, 2.24) is 9.78 Å². The molecule has 29 heavy (non-hydrogen) atoms. The van der Waals surface area contributed by atoms with Gasteiger partial charge in [-0.1, -0.05) is 36.4 Å². The van der Waals surface area contributed by atoms with E-state index in [1.54, 1.807) is 31.5 Å². The van der Waals surface area contributed by atoms with E-state index in [1.807, 2.05) is 30.3 Å². The van der Waals surface area contributed by atoms with Crippen LogP contribution in [0.4, 0.5) is 10.1 Å². The average Bonchev–Trinajstić information content (AvgIpc) is 2.97. The van der Waals surface area contributed by atoms with Crippen LogP contribution in [0.3, 0.4) is 0 Å². The van der Waals surface area contributed by atoms with Crippen molar-refractivity contribution >= 4 is 17.6 Å². The Kier molecular flexibility index (Phi) is 6.07. The smallest absolute Gasteiger partial charge is 0.342 e. The third kappa shape index (κ3) is 4.87. The third-order valence-electron chi connectivity index (χ3n) is 4.57. The van der Waals surface area contributed by atoms with E-state index in [2.05, 4.69) is 10.4 Å². The zero-order chi connectivity index (χ0) is 21.0. The summed E-state index contributed by atoms with van der Waals surface area (Å²) < 4.78 is 20.2. The molecule has 0 atom stereocenters. The predicted molar refractivity (Wildman–Crippen MR) is 107 cm³/mol. The number of carbonyl (C=O) groups is 2. The molecule has 0 saturated heterocycles. The highest BCUT2D eigenvalue weighted by atomic mass is 19.1. The summed E-state index contributed by atoms with van der Waals surface area (Å²) in [5, 5.41) is 6.96. The van der Waals surface area contributed by atoms with Crippen LogP contribution in [-0.4, -0.2) is 28.3 Å². The first kappa shape index (κ1) is 20.3. The second-order valence-corrected chi connectivity index (χ2v) is 6.77. The molecule has 0 unspecified atom stereocenters. The zero-order valence-electron chi connectivity index (χ0n) is 16.5. The van der Waals surface area contributed by atoms with Gasteiger partial charge in [0, 0.05) is 5.69 Å². The van der Waals surface area contributed by atoms with Crippen LogP contribution in [0.2, 0.25) is 0 Å². The minimum Gasteiger partial charge on any atom is -0.452 e. The first-order chi connectivity index (χ1) is 13.8. The summed E-state index contributed by atoms with van der Waals surface area (Å²) in [6.07, 6.45) is 0. The molecule has 0 aliphatic heterocycles. The number of nitrogens with one attached hydrogen (secondary N) is 1. The zero-order valence-corrected chi connectivity index (χ0v) is 16.5. The molecule has 1 heterocycles. The highest BCUT2D eigenvalue weighted by molar-refractivity contribution is 5.96. The summed E-state index contributed by atoms with van der Waals surface area (Å²) in [5.41, 5.74) is 3.65. The highest BCUT2D eigenvalue weighted by Crippen LogP contribution is 2.17. The number of benzene rings is 2. The fourth-order valence-corrected chi connectivity index (χ4v) is 3.02. The van der Waals surface area contributed by atoms with Crippen LogP contribution in [0.15, 0.2) is 48.5 Å². The van der Waals surface area contributed by atoms with Crippen molar-refractivity contribution in [3.63, 3.8) is 0 Å². The van der Waals surface area contributed by atoms with Crippen molar-refractivity contribution in [2.45, 2.75) is 27.3 Å². The van der Waals surface area contributed by atoms with E-state index in [0.29, 0.717) is 34.7 Å². The molecule has 0 spiro atoms. The molecule has 0 radical (unpaired) electrons. The number of aryl methyl sites for hydroxylation is 2. The molecule has 1 amide bonds. The topological polar surface area (TPSA) is 73.2 Å². The molecule has 0 bridgehead atoms. The van der Waals surface area contributed by atoms with Gasteiger partial charge in [0.05, 0.1) is 17.9 Å². The van der Waals surface area contributed by atoms with Gasteiger partial charge in [0.2, 0.25) is 0 Å². The molecule has 6 nitrogen and oxygen atoms in total. The summed E-state index contributed by atoms with van der Waals surface area (Å²) in [6.45, 7) is 5.31. The summed E-state index contributed by atoms with van der Waals surface area (Å²) in [5.74, 6) is -1.62. The molecule has 150 valence electrons. The summed E-state index contributed by atoms with van der Waals surface area (Å²) in [6, 6.07) is 13.9. The van der Waals surface area contributed by atoms with Crippen LogP contribution < -0.4 is 5.32 Å². The number of aromatic nitrogens is 2. The second-order valence-electron chi connectivity index (χ2n) is 6.77. The first-order valence-corrected chi connectivity index (χ1v) is 9.16. The molecule has 1 N–H and O–H groups in total. The summed E-state index contributed by atoms with van der Waals surface area (Å²) in [4.78, 5) is 24.6. The monoisotopic (exact) mass is 395 g/mol. The van der Waals surface area contributed by atoms with Gasteiger partial charge in [-0.05, 0) is 44.0 Å². The van der Waals surface area contributed by atoms with Crippen molar-refractivity contribution < 1.29 is 18.7 Å². The van der Waals surface area contributed by atoms with Crippen molar-refractivity contribution in [3.8, 4) is 0 Å². The van der Waals surface area contributed by atoms with Gasteiger partial charge in [-0.2, -0.15) is 5.10 Å². The predicted octanol–water partition coefficient (Wildman–Crippen LogP) is 3.79. The van der Waals surface area contributed by atoms with E-state index in [4.69, 9.17) is 4.74 Å². The van der Waals surface area contributed by atoms with Crippen molar-refractivity contribution in [3.05, 3.63) is 82.4 Å². The van der Waals surface area contributed by atoms with Crippen LogP contribution in [0, 0.1) is 26.6 Å². The van der Waals surface area contributed by atoms with Crippen LogP contribution in [0.5, 0.6) is 0 Å². The lowest BCUT2D eigenvalue weighted by atomic mass is 10.2. The normalized spacial score (nSPS) is 10.6. The van der Waals surface area contributed by atoms with Gasteiger partial charge in [-0.3, -0.25) is 9.48 Å². The Hall–Kier alpha value is -3.48. The van der Waals surface area contributed by atoms with Gasteiger partial charge in [-0.15, -0.1) is 0 Å². The Bertz CT molecular complexity index is 1040. The minimum atomic E-state index is -0.620. The van der Waals surface area contributed by atoms with Crippen molar-refractivity contribution in [2.75, 3.05) is 11.9 Å². The number of halogens is 1. The highest BCUT2D eigenvalue weighted by Gasteiger charge is 2.21. The molecule has 2 aromatic carbocycles. The average molecular weight is 395 g/mol. The fraction of sp³-hybridized carbons (Fsp3) is 0.227. The Labute approximate surface area is 168 Å². The van der Waals surface area contributed by atoms with E-state index >= 15 is 0 Å². The van der Waals surface area contributed by atoms with Gasteiger partial charge in [0.25, 0.3) is 5.91 Å². The molecular formula is C22H22FN3O3. The lowest BCUT2D eigenvalue weighted by Crippen LogP contribution is -2.22. The summed E-state index contributed by atoms with van der Waals surface area (Å²) >= 11 is 0. The van der Waals surface area contributed by atoms with E-state index < -0.39 is 24.3 Å². The van der Waals surface area contributed by atoms with Crippen LogP contribution in [0.1, 0.15) is 32.9 Å². The van der Waals surface area contributed by atoms with Gasteiger partial charge in [0.1, 0.15) is 11.4 Å². The van der Waals surface area contributed by atoms with Gasteiger partial charge >= 0.3 is 5.97 Å². The number of hydrogen-bond donors (Lipinski definition) is 1. The molecule has 1 aromatic heterocycles. The maximum atomic E-state index is 13.3. The maximum absolute atomic E-state index is 13.3. The number of esters is 1. The quantitative estimate of drug-likeness (QED) is 0.645. The molecule has 3 rings (SSSR count). The van der Waals surface area contributed by atoms with Crippen molar-refractivity contribution in [1.29, 1.82) is 0 Å². The van der Waals surface area contributed by atoms with Crippen LogP contribution in [-0.2, 0) is 16.1 Å². The lowest BCUT2D eigenvalue weighted by Gasteiger charge is -2.09. The lowest BCUT2D eigenvalue weighted by molar-refractivity contribution is -0.119. The van der Waals surface area contributed by atoms with Crippen molar-refractivity contribution in [2.24, 2.45) is 0 Å². The molecule has 0 fully saturated rings. The number of amides is 1. The van der Waals surface area contributed by atoms with E-state index in [-0.39, 0.29) is 0 Å². The third-order valence-corrected chi connectivity index (χ3v) is 4.57. The van der Waals surface area contributed by atoms with E-state index in [9.17, 15) is 14.0 Å². The van der Waals surface area contributed by atoms with Crippen LogP contribution >= 0.6 is 0 Å². The largest absolute Gasteiger partial charge is 0.452 e. The molecule has 7 heteroatoms. The number of nitrogens with zero attached hydrogens (tertiary/aromatic N) is 2. The van der Waals surface area contributed by atoms with E-state index in [1.165, 1.54) is 12.1 Å². The van der Waals surface area contributed by atoms with Crippen LogP contribution in [0.25, 0.3) is 0 Å². The molecule has 0 aliphatic carbocycles. The standard InChI is InChI=1S/C22H22FN3O3/c1-14-9-10-18(23)11-19(14)24-20(27)13-29-22(28)21-15(2)25-26(16(21)3)12-17-7-5-4-6-8-17/h4-11H,12-13H2,1-3H3,(H,24,27). The number of anilines is 1. The SMILES string of the molecule is Cc1ccc(F)cc1NC(=O)COC(=O)c1c(C)nn(Cc2ccccc2)c1C. The Morgan fingerprint density at radius 3 is 2.55 bits per heavy atom. The number of carbonyl (C=O) groups excluding carboxylic acids is 2. The Morgan fingerprint density at radius 2 is 1.83 bits per heavy atom. The van der Waals surface area contributed by atoms with Gasteiger partial charge in [0.15, 0.2) is 6.61 Å². The second kappa shape index (κ2) is 8.68. The van der Waals surface area contributed by atoms with Gasteiger partial charge in [-0.25, -0.2) is 9.18 Å². The molecular weight excluding hydrogens is 373 g/mol. The Morgan fingerprint density at radius 1 is 1.10 bits per heavy atom. The molecule has 0 aliphatic rings. The number of hydrogen-bond acceptors (Lipinski definition) is 4. The van der Waals surface area contributed by atoms with Gasteiger partial charge < -0.3 is 10.1 Å². The summed E-state index contributed by atoms with van der Waals surface area (Å²) in [7, 11) is 0. The Balaban J connectivity index is 1.65. The number of rotatable bonds is 6. The number of ether oxygens (including phenoxy) is 1. The van der Waals surface area contributed by atoms with E-state index in [0.717, 1.165) is 5.56 Å². The molecule has 3 aromatic rings. The molecule has 0 saturated carbocycles. The minimum absolute atomic E-state index is 0.342.